The zero-order valence-electron chi connectivity index (χ0n) is 44.4. The molecular formula is C61H108O6. The summed E-state index contributed by atoms with van der Waals surface area (Å²) >= 11 is 0. The van der Waals surface area contributed by atoms with Gasteiger partial charge in [-0.2, -0.15) is 0 Å². The van der Waals surface area contributed by atoms with Crippen molar-refractivity contribution >= 4 is 17.9 Å². The molecule has 0 heterocycles. The summed E-state index contributed by atoms with van der Waals surface area (Å²) in [5, 5.41) is 0. The zero-order valence-corrected chi connectivity index (χ0v) is 44.4. The predicted molar refractivity (Wildman–Crippen MR) is 288 cm³/mol. The van der Waals surface area contributed by atoms with Crippen LogP contribution >= 0.6 is 0 Å². The first-order valence-corrected chi connectivity index (χ1v) is 28.8. The van der Waals surface area contributed by atoms with Crippen LogP contribution in [0.1, 0.15) is 290 Å². The Hall–Kier alpha value is -2.89. The first kappa shape index (κ1) is 64.1. The second-order valence-corrected chi connectivity index (χ2v) is 19.2. The molecule has 0 spiro atoms. The number of ether oxygens (including phenoxy) is 3. The van der Waals surface area contributed by atoms with Crippen molar-refractivity contribution in [3.05, 3.63) is 60.8 Å². The largest absolute Gasteiger partial charge is 0.462 e. The summed E-state index contributed by atoms with van der Waals surface area (Å²) in [6.45, 7) is 6.58. The average molecular weight is 938 g/mol. The molecule has 0 aliphatic carbocycles. The lowest BCUT2D eigenvalue weighted by molar-refractivity contribution is -0.167. The fraction of sp³-hybridized carbons (Fsp3) is 0.787. The van der Waals surface area contributed by atoms with Crippen molar-refractivity contribution in [3.8, 4) is 0 Å². The minimum Gasteiger partial charge on any atom is -0.462 e. The molecule has 0 amide bonds. The Morgan fingerprint density at radius 3 is 0.866 bits per heavy atom. The Kier molecular flexibility index (Phi) is 53.3. The van der Waals surface area contributed by atoms with Gasteiger partial charge in [-0.05, 0) is 109 Å². The van der Waals surface area contributed by atoms with E-state index in [2.05, 4.69) is 81.5 Å². The quantitative estimate of drug-likeness (QED) is 0.0262. The number of hydrogen-bond acceptors (Lipinski definition) is 6. The van der Waals surface area contributed by atoms with E-state index >= 15 is 0 Å². The predicted octanol–water partition coefficient (Wildman–Crippen LogP) is 19.2. The molecule has 0 aliphatic heterocycles. The number of rotatable bonds is 52. The maximum Gasteiger partial charge on any atom is 0.306 e. The van der Waals surface area contributed by atoms with Crippen LogP contribution in [-0.4, -0.2) is 37.2 Å². The molecule has 0 radical (unpaired) electrons. The highest BCUT2D eigenvalue weighted by Gasteiger charge is 2.19. The molecule has 388 valence electrons. The maximum atomic E-state index is 12.8. The molecule has 0 rings (SSSR count). The first-order chi connectivity index (χ1) is 33.0. The number of hydrogen-bond donors (Lipinski definition) is 0. The summed E-state index contributed by atoms with van der Waals surface area (Å²) in [4.78, 5) is 38.1. The van der Waals surface area contributed by atoms with E-state index in [1.165, 1.54) is 167 Å². The molecule has 6 heteroatoms. The molecule has 6 nitrogen and oxygen atoms in total. The summed E-state index contributed by atoms with van der Waals surface area (Å²) < 4.78 is 16.9. The van der Waals surface area contributed by atoms with Gasteiger partial charge in [0.15, 0.2) is 6.10 Å². The van der Waals surface area contributed by atoms with Crippen LogP contribution in [0.4, 0.5) is 0 Å². The molecule has 0 fully saturated rings. The monoisotopic (exact) mass is 937 g/mol. The van der Waals surface area contributed by atoms with Crippen LogP contribution in [0.25, 0.3) is 0 Å². The molecule has 0 saturated carbocycles. The molecular weight excluding hydrogens is 829 g/mol. The second kappa shape index (κ2) is 55.7. The van der Waals surface area contributed by atoms with Crippen LogP contribution in [0.5, 0.6) is 0 Å². The fourth-order valence-corrected chi connectivity index (χ4v) is 8.09. The second-order valence-electron chi connectivity index (χ2n) is 19.2. The minimum atomic E-state index is -0.783. The van der Waals surface area contributed by atoms with Gasteiger partial charge in [0.05, 0.1) is 0 Å². The van der Waals surface area contributed by atoms with Gasteiger partial charge < -0.3 is 14.2 Å². The van der Waals surface area contributed by atoms with E-state index in [0.717, 1.165) is 83.5 Å². The fourth-order valence-electron chi connectivity index (χ4n) is 8.09. The van der Waals surface area contributed by atoms with Crippen molar-refractivity contribution < 1.29 is 28.6 Å². The Morgan fingerprint density at radius 2 is 0.537 bits per heavy atom. The zero-order chi connectivity index (χ0) is 48.6. The highest BCUT2D eigenvalue weighted by atomic mass is 16.6. The third-order valence-electron chi connectivity index (χ3n) is 12.5. The molecule has 0 saturated heterocycles. The Labute approximate surface area is 415 Å². The van der Waals surface area contributed by atoms with Gasteiger partial charge in [0.1, 0.15) is 13.2 Å². The van der Waals surface area contributed by atoms with E-state index in [1.807, 2.05) is 0 Å². The van der Waals surface area contributed by atoms with Gasteiger partial charge in [0.2, 0.25) is 0 Å². The number of carbonyl (C=O) groups excluding carboxylic acids is 3. The van der Waals surface area contributed by atoms with E-state index in [1.54, 1.807) is 0 Å². The van der Waals surface area contributed by atoms with E-state index in [9.17, 15) is 14.4 Å². The first-order valence-electron chi connectivity index (χ1n) is 28.8. The number of carbonyl (C=O) groups is 3. The third-order valence-corrected chi connectivity index (χ3v) is 12.5. The van der Waals surface area contributed by atoms with Gasteiger partial charge in [-0.15, -0.1) is 0 Å². The molecule has 0 aliphatic rings. The van der Waals surface area contributed by atoms with Gasteiger partial charge in [-0.3, -0.25) is 14.4 Å². The highest BCUT2D eigenvalue weighted by Crippen LogP contribution is 2.15. The van der Waals surface area contributed by atoms with Gasteiger partial charge in [0, 0.05) is 19.3 Å². The SMILES string of the molecule is CCCCC/C=C/C/C=C/CCCCCCCCCCCC(=O)OC[C@@H](COC(=O)CCCCCCC/C=C/CCCCCC)OC(=O)CCCCCCCCC/C=C/C/C=C/CCCCC. The number of unbranched alkanes of at least 4 members (excludes halogenated alkanes) is 31. The van der Waals surface area contributed by atoms with Crippen molar-refractivity contribution in [2.75, 3.05) is 13.2 Å². The van der Waals surface area contributed by atoms with Crippen LogP contribution in [0.3, 0.4) is 0 Å². The molecule has 67 heavy (non-hydrogen) atoms. The van der Waals surface area contributed by atoms with E-state index < -0.39 is 6.10 Å². The van der Waals surface area contributed by atoms with Crippen LogP contribution < -0.4 is 0 Å². The van der Waals surface area contributed by atoms with E-state index in [0.29, 0.717) is 19.3 Å². The number of esters is 3. The van der Waals surface area contributed by atoms with E-state index in [4.69, 9.17) is 14.2 Å². The lowest BCUT2D eigenvalue weighted by Crippen LogP contribution is -2.30. The topological polar surface area (TPSA) is 78.9 Å². The van der Waals surface area contributed by atoms with Gasteiger partial charge in [-0.1, -0.05) is 223 Å². The lowest BCUT2D eigenvalue weighted by atomic mass is 10.1. The highest BCUT2D eigenvalue weighted by molar-refractivity contribution is 5.71. The van der Waals surface area contributed by atoms with Crippen LogP contribution in [0.15, 0.2) is 60.8 Å². The summed E-state index contributed by atoms with van der Waals surface area (Å²) in [5.74, 6) is -0.892. The van der Waals surface area contributed by atoms with Gasteiger partial charge >= 0.3 is 17.9 Å². The standard InChI is InChI=1S/C61H108O6/c1-4-7-10-13-16-19-22-25-27-29-30-32-33-36-39-42-45-48-51-54-60(63)66-57-58(56-65-59(62)53-50-47-44-41-38-35-24-21-18-15-12-9-6-3)67-61(64)55-52-49-46-43-40-37-34-31-28-26-23-20-17-14-11-8-5-2/h16-17,19-21,24-28,58H,4-15,18,22-23,29-57H2,1-3H3/b19-16+,20-17+,24-21+,27-25+,28-26+/t58-/m1/s1. The Balaban J connectivity index is 4.37. The molecule has 0 bridgehead atoms. The van der Waals surface area contributed by atoms with Crippen molar-refractivity contribution in [2.24, 2.45) is 0 Å². The normalized spacial score (nSPS) is 12.5. The number of allylic oxidation sites excluding steroid dienone is 10. The Morgan fingerprint density at radius 1 is 0.299 bits per heavy atom. The average Bonchev–Trinajstić information content (AvgIpc) is 3.33. The smallest absolute Gasteiger partial charge is 0.306 e. The van der Waals surface area contributed by atoms with E-state index in [-0.39, 0.29) is 31.1 Å². The van der Waals surface area contributed by atoms with Crippen molar-refractivity contribution in [1.29, 1.82) is 0 Å². The molecule has 0 aromatic heterocycles. The van der Waals surface area contributed by atoms with Gasteiger partial charge in [0.25, 0.3) is 0 Å². The summed E-state index contributed by atoms with van der Waals surface area (Å²) in [6, 6.07) is 0. The summed E-state index contributed by atoms with van der Waals surface area (Å²) in [6.07, 6.45) is 69.2. The summed E-state index contributed by atoms with van der Waals surface area (Å²) in [7, 11) is 0. The molecule has 0 aromatic rings. The van der Waals surface area contributed by atoms with Crippen LogP contribution in [0, 0.1) is 0 Å². The molecule has 0 unspecified atom stereocenters. The summed E-state index contributed by atoms with van der Waals surface area (Å²) in [5.41, 5.74) is 0. The molecule has 0 N–H and O–H groups in total. The Bertz CT molecular complexity index is 1210. The van der Waals surface area contributed by atoms with Crippen molar-refractivity contribution in [1.82, 2.24) is 0 Å². The molecule has 1 atom stereocenters. The van der Waals surface area contributed by atoms with Crippen molar-refractivity contribution in [3.63, 3.8) is 0 Å². The van der Waals surface area contributed by atoms with Crippen LogP contribution in [0.2, 0.25) is 0 Å². The van der Waals surface area contributed by atoms with Crippen molar-refractivity contribution in [2.45, 2.75) is 297 Å². The third kappa shape index (κ3) is 53.9. The van der Waals surface area contributed by atoms with Gasteiger partial charge in [-0.25, -0.2) is 0 Å². The minimum absolute atomic E-state index is 0.0814. The maximum absolute atomic E-state index is 12.8. The van der Waals surface area contributed by atoms with Crippen LogP contribution in [-0.2, 0) is 28.6 Å². The molecule has 0 aromatic carbocycles. The lowest BCUT2D eigenvalue weighted by Gasteiger charge is -2.18.